The van der Waals surface area contributed by atoms with Gasteiger partial charge in [-0.1, -0.05) is 42.5 Å². The number of aromatic nitrogens is 2. The Morgan fingerprint density at radius 3 is 1.59 bits per heavy atom. The van der Waals surface area contributed by atoms with Crippen LogP contribution in [0.25, 0.3) is 33.5 Å². The van der Waals surface area contributed by atoms with Crippen molar-refractivity contribution in [1.82, 2.24) is 9.97 Å². The van der Waals surface area contributed by atoms with Gasteiger partial charge in [-0.2, -0.15) is 0 Å². The minimum Gasteiger partial charge on any atom is -0.457 e. The van der Waals surface area contributed by atoms with E-state index < -0.39 is 4.92 Å². The lowest BCUT2D eigenvalue weighted by molar-refractivity contribution is -0.384. The van der Waals surface area contributed by atoms with E-state index in [4.69, 9.17) is 14.7 Å². The van der Waals surface area contributed by atoms with E-state index in [-0.39, 0.29) is 5.69 Å². The van der Waals surface area contributed by atoms with Crippen molar-refractivity contribution in [3.05, 3.63) is 113 Å². The van der Waals surface area contributed by atoms with E-state index in [1.165, 1.54) is 12.1 Å². The van der Waals surface area contributed by atoms with Crippen LogP contribution in [-0.4, -0.2) is 14.9 Å². The quantitative estimate of drug-likeness (QED) is 0.235. The molecule has 0 aliphatic rings. The molecule has 0 N–H and O–H groups in total. The molecule has 1 heterocycles. The summed E-state index contributed by atoms with van der Waals surface area (Å²) in [6, 6.07) is 31.4. The maximum absolute atomic E-state index is 10.8. The third kappa shape index (κ3) is 3.89. The lowest BCUT2D eigenvalue weighted by Gasteiger charge is -2.11. The predicted octanol–water partition coefficient (Wildman–Crippen LogP) is 6.66. The highest BCUT2D eigenvalue weighted by atomic mass is 16.6. The summed E-state index contributed by atoms with van der Waals surface area (Å²) in [7, 11) is 0. The minimum absolute atomic E-state index is 0.0241. The number of para-hydroxylation sites is 2. The van der Waals surface area contributed by atoms with E-state index in [1.807, 2.05) is 78.9 Å². The van der Waals surface area contributed by atoms with E-state index in [1.54, 1.807) is 12.1 Å². The zero-order chi connectivity index (χ0) is 21.9. The van der Waals surface area contributed by atoms with Gasteiger partial charge in [0.05, 0.1) is 27.3 Å². The molecule has 0 spiro atoms. The van der Waals surface area contributed by atoms with Gasteiger partial charge in [-0.25, -0.2) is 9.97 Å². The number of nitro groups is 1. The fourth-order valence-electron chi connectivity index (χ4n) is 3.45. The average molecular weight is 419 g/mol. The van der Waals surface area contributed by atoms with Crippen molar-refractivity contribution in [3.63, 3.8) is 0 Å². The highest BCUT2D eigenvalue weighted by molar-refractivity contribution is 5.86. The van der Waals surface area contributed by atoms with Crippen molar-refractivity contribution in [2.24, 2.45) is 0 Å². The second-order valence-electron chi connectivity index (χ2n) is 7.15. The van der Waals surface area contributed by atoms with Crippen molar-refractivity contribution in [2.45, 2.75) is 0 Å². The Morgan fingerprint density at radius 1 is 0.594 bits per heavy atom. The second kappa shape index (κ2) is 8.28. The molecule has 0 fully saturated rings. The first-order valence-electron chi connectivity index (χ1n) is 10.0. The van der Waals surface area contributed by atoms with Gasteiger partial charge < -0.3 is 4.74 Å². The zero-order valence-corrected chi connectivity index (χ0v) is 16.9. The van der Waals surface area contributed by atoms with Gasteiger partial charge in [0.2, 0.25) is 0 Å². The van der Waals surface area contributed by atoms with Gasteiger partial charge in [-0.15, -0.1) is 0 Å². The number of non-ortho nitro benzene ring substituents is 1. The fourth-order valence-corrected chi connectivity index (χ4v) is 3.45. The van der Waals surface area contributed by atoms with Crippen LogP contribution in [0, 0.1) is 10.1 Å². The molecule has 4 aromatic carbocycles. The molecule has 6 heteroatoms. The van der Waals surface area contributed by atoms with Crippen LogP contribution >= 0.6 is 0 Å². The van der Waals surface area contributed by atoms with Gasteiger partial charge in [0.1, 0.15) is 11.5 Å². The van der Waals surface area contributed by atoms with Crippen molar-refractivity contribution < 1.29 is 9.66 Å². The summed E-state index contributed by atoms with van der Waals surface area (Å²) in [6.45, 7) is 0. The summed E-state index contributed by atoms with van der Waals surface area (Å²) in [5.74, 6) is 1.15. The van der Waals surface area contributed by atoms with Crippen LogP contribution in [0.5, 0.6) is 11.5 Å². The number of fused-ring (bicyclic) bond motifs is 1. The molecule has 0 saturated heterocycles. The first kappa shape index (κ1) is 19.4. The number of hydrogen-bond donors (Lipinski definition) is 0. The van der Waals surface area contributed by atoms with Crippen molar-refractivity contribution in [2.75, 3.05) is 0 Å². The Balaban J connectivity index is 1.50. The smallest absolute Gasteiger partial charge is 0.269 e. The lowest BCUT2D eigenvalue weighted by atomic mass is 10.0. The van der Waals surface area contributed by atoms with Gasteiger partial charge >= 0.3 is 0 Å². The van der Waals surface area contributed by atoms with Gasteiger partial charge in [0.25, 0.3) is 5.69 Å². The standard InChI is InChI=1S/C26H17N3O3/c30-29(31)20-12-16-22(17-13-20)32-21-14-10-19(11-15-21)26-25(18-6-2-1-3-7-18)27-23-8-4-5-9-24(23)28-26/h1-17H. The normalized spacial score (nSPS) is 10.8. The summed E-state index contributed by atoms with van der Waals surface area (Å²) < 4.78 is 5.83. The molecule has 0 aliphatic heterocycles. The molecular formula is C26H17N3O3. The molecule has 0 atom stereocenters. The number of benzene rings is 4. The van der Waals surface area contributed by atoms with Crippen molar-refractivity contribution in [1.29, 1.82) is 0 Å². The highest BCUT2D eigenvalue weighted by Gasteiger charge is 2.13. The van der Waals surface area contributed by atoms with Crippen LogP contribution in [0.4, 0.5) is 5.69 Å². The van der Waals surface area contributed by atoms with Crippen LogP contribution in [0.15, 0.2) is 103 Å². The van der Waals surface area contributed by atoms with Crippen LogP contribution in [0.3, 0.4) is 0 Å². The summed E-state index contributed by atoms with van der Waals surface area (Å²) in [4.78, 5) is 20.2. The molecule has 1 aromatic heterocycles. The first-order chi connectivity index (χ1) is 15.7. The highest BCUT2D eigenvalue weighted by Crippen LogP contribution is 2.32. The van der Waals surface area contributed by atoms with Gasteiger partial charge in [-0.3, -0.25) is 10.1 Å². The molecule has 0 unspecified atom stereocenters. The minimum atomic E-state index is -0.437. The van der Waals surface area contributed by atoms with Crippen LogP contribution in [-0.2, 0) is 0 Å². The zero-order valence-electron chi connectivity index (χ0n) is 16.9. The number of nitro benzene ring substituents is 1. The van der Waals surface area contributed by atoms with Gasteiger partial charge in [0, 0.05) is 23.3 Å². The number of nitrogens with zero attached hydrogens (tertiary/aromatic N) is 3. The molecule has 0 aliphatic carbocycles. The maximum atomic E-state index is 10.8. The predicted molar refractivity (Wildman–Crippen MR) is 124 cm³/mol. The van der Waals surface area contributed by atoms with E-state index in [9.17, 15) is 10.1 Å². The Morgan fingerprint density at radius 2 is 1.06 bits per heavy atom. The molecule has 0 bridgehead atoms. The fraction of sp³-hybridized carbons (Fsp3) is 0. The number of hydrogen-bond acceptors (Lipinski definition) is 5. The molecule has 6 nitrogen and oxygen atoms in total. The molecule has 5 rings (SSSR count). The summed E-state index contributed by atoms with van der Waals surface area (Å²) >= 11 is 0. The maximum Gasteiger partial charge on any atom is 0.269 e. The summed E-state index contributed by atoms with van der Waals surface area (Å²) in [6.07, 6.45) is 0. The van der Waals surface area contributed by atoms with Crippen LogP contribution < -0.4 is 4.74 Å². The molecule has 0 radical (unpaired) electrons. The van der Waals surface area contributed by atoms with Gasteiger partial charge in [0.15, 0.2) is 0 Å². The Labute approximate surface area is 183 Å². The van der Waals surface area contributed by atoms with E-state index in [0.29, 0.717) is 11.5 Å². The molecule has 0 saturated carbocycles. The second-order valence-corrected chi connectivity index (χ2v) is 7.15. The third-order valence-electron chi connectivity index (χ3n) is 5.03. The Hall–Kier alpha value is -4.58. The summed E-state index contributed by atoms with van der Waals surface area (Å²) in [5, 5.41) is 10.8. The van der Waals surface area contributed by atoms with E-state index in [2.05, 4.69) is 0 Å². The van der Waals surface area contributed by atoms with Crippen molar-refractivity contribution in [3.8, 4) is 34.0 Å². The van der Waals surface area contributed by atoms with E-state index >= 15 is 0 Å². The van der Waals surface area contributed by atoms with E-state index in [0.717, 1.165) is 33.5 Å². The average Bonchev–Trinajstić information content (AvgIpc) is 2.84. The number of rotatable bonds is 5. The molecule has 154 valence electrons. The molecule has 0 amide bonds. The van der Waals surface area contributed by atoms with Gasteiger partial charge in [-0.05, 0) is 48.5 Å². The molecule has 5 aromatic rings. The third-order valence-corrected chi connectivity index (χ3v) is 5.03. The first-order valence-corrected chi connectivity index (χ1v) is 10.0. The van der Waals surface area contributed by atoms with Crippen molar-refractivity contribution >= 4 is 16.7 Å². The number of ether oxygens (including phenoxy) is 1. The largest absolute Gasteiger partial charge is 0.457 e. The summed E-state index contributed by atoms with van der Waals surface area (Å²) in [5.41, 5.74) is 5.20. The van der Waals surface area contributed by atoms with Crippen LogP contribution in [0.1, 0.15) is 0 Å². The SMILES string of the molecule is O=[N+]([O-])c1ccc(Oc2ccc(-c3nc4ccccc4nc3-c3ccccc3)cc2)cc1. The topological polar surface area (TPSA) is 78.2 Å². The Bertz CT molecular complexity index is 1400. The molecular weight excluding hydrogens is 402 g/mol. The Kier molecular flexibility index (Phi) is 5.01. The lowest BCUT2D eigenvalue weighted by Crippen LogP contribution is -1.95. The molecule has 32 heavy (non-hydrogen) atoms. The van der Waals surface area contributed by atoms with Crippen LogP contribution in [0.2, 0.25) is 0 Å². The monoisotopic (exact) mass is 419 g/mol.